The predicted octanol–water partition coefficient (Wildman–Crippen LogP) is 3.75. The Kier molecular flexibility index (Phi) is 5.47. The molecule has 2 aliphatic heterocycles. The van der Waals surface area contributed by atoms with E-state index in [4.69, 9.17) is 28.4 Å². The second-order valence-electron chi connectivity index (χ2n) is 10.2. The number of ether oxygens (including phenoxy) is 6. The Balaban J connectivity index is 1.62. The van der Waals surface area contributed by atoms with Gasteiger partial charge in [-0.3, -0.25) is 4.79 Å². The van der Waals surface area contributed by atoms with Crippen LogP contribution in [0.15, 0.2) is 59.6 Å². The summed E-state index contributed by atoms with van der Waals surface area (Å²) >= 11 is 0. The van der Waals surface area contributed by atoms with Crippen LogP contribution in [0.4, 0.5) is 0 Å². The Morgan fingerprint density at radius 1 is 1.08 bits per heavy atom. The van der Waals surface area contributed by atoms with E-state index in [1.54, 1.807) is 43.3 Å². The van der Waals surface area contributed by atoms with Crippen LogP contribution >= 0.6 is 0 Å². The van der Waals surface area contributed by atoms with Gasteiger partial charge in [0.1, 0.15) is 18.1 Å². The molecule has 0 saturated carbocycles. The number of Topliss-reactive ketones (excluding diaryl/α,β-unsaturated/α-hetero) is 1. The Morgan fingerprint density at radius 3 is 2.55 bits per heavy atom. The van der Waals surface area contributed by atoms with Gasteiger partial charge in [-0.05, 0) is 43.2 Å². The number of ketones is 1. The molecule has 0 fully saturated rings. The van der Waals surface area contributed by atoms with Gasteiger partial charge in [-0.15, -0.1) is 0 Å². The molecule has 6 rings (SSSR count). The fourth-order valence-corrected chi connectivity index (χ4v) is 5.93. The van der Waals surface area contributed by atoms with Crippen molar-refractivity contribution in [3.8, 4) is 17.2 Å². The molecule has 4 aliphatic rings. The first-order valence-electron chi connectivity index (χ1n) is 12.4. The number of methoxy groups -OCH3 is 2. The number of hydrogen-bond donors (Lipinski definition) is 1. The molecule has 4 unspecified atom stereocenters. The quantitative estimate of drug-likeness (QED) is 0.603. The van der Waals surface area contributed by atoms with Crippen LogP contribution in [0.2, 0.25) is 0 Å². The second kappa shape index (κ2) is 8.52. The minimum atomic E-state index is -1.39. The maximum atomic E-state index is 14.3. The fraction of sp³-hybridized carbons (Fsp3) is 0.379. The molecule has 2 aliphatic carbocycles. The third-order valence-electron chi connectivity index (χ3n) is 8.14. The summed E-state index contributed by atoms with van der Waals surface area (Å²) in [4.78, 5) is 27.6. The maximum Gasteiger partial charge on any atom is 0.338 e. The molecule has 4 atom stereocenters. The Labute approximate surface area is 219 Å². The molecule has 0 radical (unpaired) electrons. The highest BCUT2D eigenvalue weighted by Crippen LogP contribution is 2.61. The van der Waals surface area contributed by atoms with E-state index >= 15 is 0 Å². The van der Waals surface area contributed by atoms with E-state index < -0.39 is 29.0 Å². The molecule has 0 bridgehead atoms. The van der Waals surface area contributed by atoms with Gasteiger partial charge in [0.05, 0.1) is 25.4 Å². The van der Waals surface area contributed by atoms with E-state index in [1.807, 2.05) is 13.0 Å². The first-order valence-corrected chi connectivity index (χ1v) is 12.4. The predicted molar refractivity (Wildman–Crippen MR) is 133 cm³/mol. The molecule has 1 spiro atoms. The first kappa shape index (κ1) is 24.4. The molecular formula is C29H28O9. The van der Waals surface area contributed by atoms with Crippen molar-refractivity contribution >= 4 is 11.8 Å². The van der Waals surface area contributed by atoms with Crippen LogP contribution in [0.5, 0.6) is 17.2 Å². The smallest absolute Gasteiger partial charge is 0.338 e. The number of carbonyl (C=O) groups excluding carboxylic acids is 2. The summed E-state index contributed by atoms with van der Waals surface area (Å²) in [5, 5.41) is 11.8. The van der Waals surface area contributed by atoms with E-state index in [2.05, 4.69) is 0 Å². The molecule has 0 saturated heterocycles. The molecule has 0 amide bonds. The molecule has 2 aromatic carbocycles. The van der Waals surface area contributed by atoms with E-state index in [9.17, 15) is 14.7 Å². The van der Waals surface area contributed by atoms with E-state index in [1.165, 1.54) is 14.2 Å². The number of aliphatic hydroxyl groups is 1. The van der Waals surface area contributed by atoms with Gasteiger partial charge in [-0.1, -0.05) is 25.1 Å². The zero-order valence-electron chi connectivity index (χ0n) is 21.5. The van der Waals surface area contributed by atoms with Gasteiger partial charge in [0.2, 0.25) is 24.1 Å². The minimum absolute atomic E-state index is 0.0169. The van der Waals surface area contributed by atoms with Crippen LogP contribution in [-0.4, -0.2) is 50.1 Å². The number of esters is 1. The average molecular weight is 521 g/mol. The Bertz CT molecular complexity index is 1400. The van der Waals surface area contributed by atoms with Crippen LogP contribution in [-0.2, 0) is 24.4 Å². The summed E-state index contributed by atoms with van der Waals surface area (Å²) in [7, 11) is 2.87. The lowest BCUT2D eigenvalue weighted by Crippen LogP contribution is -2.50. The number of hydrogen-bond acceptors (Lipinski definition) is 9. The molecule has 2 aromatic rings. The number of fused-ring (bicyclic) bond motifs is 2. The minimum Gasteiger partial charge on any atom is -0.493 e. The van der Waals surface area contributed by atoms with Crippen LogP contribution < -0.4 is 14.2 Å². The summed E-state index contributed by atoms with van der Waals surface area (Å²) in [6.45, 7) is 3.43. The fourth-order valence-electron chi connectivity index (χ4n) is 5.93. The van der Waals surface area contributed by atoms with Crippen molar-refractivity contribution in [3.63, 3.8) is 0 Å². The lowest BCUT2D eigenvalue weighted by Gasteiger charge is -2.44. The topological polar surface area (TPSA) is 110 Å². The largest absolute Gasteiger partial charge is 0.493 e. The molecule has 1 N–H and O–H groups in total. The van der Waals surface area contributed by atoms with Gasteiger partial charge in [-0.25, -0.2) is 4.79 Å². The molecule has 9 heteroatoms. The molecule has 38 heavy (non-hydrogen) atoms. The van der Waals surface area contributed by atoms with Gasteiger partial charge in [0, 0.05) is 17.0 Å². The Hall–Kier alpha value is -3.98. The van der Waals surface area contributed by atoms with Crippen molar-refractivity contribution < 1.29 is 43.1 Å². The number of allylic oxidation sites excluding steroid dienone is 2. The van der Waals surface area contributed by atoms with Gasteiger partial charge in [0.15, 0.2) is 17.3 Å². The summed E-state index contributed by atoms with van der Waals surface area (Å²) in [5.41, 5.74) is -0.719. The van der Waals surface area contributed by atoms with Gasteiger partial charge >= 0.3 is 5.97 Å². The lowest BCUT2D eigenvalue weighted by molar-refractivity contribution is -0.124. The van der Waals surface area contributed by atoms with Gasteiger partial charge in [0.25, 0.3) is 0 Å². The van der Waals surface area contributed by atoms with Crippen molar-refractivity contribution in [2.45, 2.75) is 37.4 Å². The maximum absolute atomic E-state index is 14.3. The molecule has 9 nitrogen and oxygen atoms in total. The lowest BCUT2D eigenvalue weighted by atomic mass is 9.61. The highest BCUT2D eigenvalue weighted by molar-refractivity contribution is 6.08. The zero-order chi connectivity index (χ0) is 26.8. The van der Waals surface area contributed by atoms with Crippen molar-refractivity contribution in [1.29, 1.82) is 0 Å². The summed E-state index contributed by atoms with van der Waals surface area (Å²) in [6, 6.07) is 10.4. The van der Waals surface area contributed by atoms with Crippen LogP contribution in [0.3, 0.4) is 0 Å². The third-order valence-corrected chi connectivity index (χ3v) is 8.14. The monoisotopic (exact) mass is 520 g/mol. The molecular weight excluding hydrogens is 492 g/mol. The van der Waals surface area contributed by atoms with Crippen molar-refractivity contribution in [3.05, 3.63) is 76.3 Å². The third kappa shape index (κ3) is 3.27. The zero-order valence-corrected chi connectivity index (χ0v) is 21.5. The molecule has 2 heterocycles. The van der Waals surface area contributed by atoms with E-state index in [0.29, 0.717) is 39.5 Å². The van der Waals surface area contributed by atoms with Crippen LogP contribution in [0.1, 0.15) is 47.9 Å². The van der Waals surface area contributed by atoms with Crippen molar-refractivity contribution in [2.24, 2.45) is 5.92 Å². The van der Waals surface area contributed by atoms with Gasteiger partial charge < -0.3 is 33.5 Å². The van der Waals surface area contributed by atoms with E-state index in [0.717, 1.165) is 0 Å². The van der Waals surface area contributed by atoms with Crippen molar-refractivity contribution in [1.82, 2.24) is 0 Å². The highest BCUT2D eigenvalue weighted by Gasteiger charge is 2.60. The Morgan fingerprint density at radius 2 is 1.84 bits per heavy atom. The van der Waals surface area contributed by atoms with Crippen LogP contribution in [0, 0.1) is 5.92 Å². The number of carbonyl (C=O) groups is 2. The second-order valence-corrected chi connectivity index (χ2v) is 10.2. The average Bonchev–Trinajstić information content (AvgIpc) is 3.54. The van der Waals surface area contributed by atoms with Crippen molar-refractivity contribution in [2.75, 3.05) is 27.6 Å². The van der Waals surface area contributed by atoms with Crippen LogP contribution in [0.25, 0.3) is 0 Å². The first-order chi connectivity index (χ1) is 18.2. The number of rotatable bonds is 4. The standard InChI is InChI=1S/C29H28O9/c1-15-22(38-27(31)16-8-6-5-7-9-16)18-11-20-23(37-14-36-20)25-21(18)29(13-35-25)17(12-28(15,2)32)10-19(33-3)24(34-4)26(29)30/h5-11,15,22,32H,12-14H2,1-4H3. The summed E-state index contributed by atoms with van der Waals surface area (Å²) in [5.74, 6) is -0.0329. The van der Waals surface area contributed by atoms with Gasteiger partial charge in [-0.2, -0.15) is 0 Å². The number of benzene rings is 2. The highest BCUT2D eigenvalue weighted by atomic mass is 16.7. The molecule has 0 aromatic heterocycles. The normalized spacial score (nSPS) is 28.9. The van der Waals surface area contributed by atoms with E-state index in [-0.39, 0.29) is 37.1 Å². The SMILES string of the molecule is COC1=C(OC)C(=O)C23COc4c5c(cc(c42)C(OC(=O)c2ccccc2)C(C)C(C)(O)CC3=C1)OCO5. The summed E-state index contributed by atoms with van der Waals surface area (Å²) < 4.78 is 34.8. The molecule has 198 valence electrons. The summed E-state index contributed by atoms with van der Waals surface area (Å²) in [6.07, 6.45) is 0.900.